The smallest absolute Gasteiger partial charge is 0.196 e. The molecule has 0 bridgehead atoms. The van der Waals surface area contributed by atoms with Crippen LogP contribution in [0.3, 0.4) is 0 Å². The van der Waals surface area contributed by atoms with Gasteiger partial charge in [0.2, 0.25) is 0 Å². The van der Waals surface area contributed by atoms with Crippen LogP contribution < -0.4 is 4.74 Å². The summed E-state index contributed by atoms with van der Waals surface area (Å²) in [4.78, 5) is 0. The molecule has 0 N–H and O–H groups in total. The number of methoxy groups -OCH3 is 1. The van der Waals surface area contributed by atoms with E-state index < -0.39 is 11.7 Å². The first-order valence-electron chi connectivity index (χ1n) is 10.3. The number of allylic oxidation sites excluding steroid dienone is 3. The van der Waals surface area contributed by atoms with Crippen molar-refractivity contribution >= 4 is 0 Å². The van der Waals surface area contributed by atoms with Crippen molar-refractivity contribution in [3.63, 3.8) is 0 Å². The molecule has 1 aromatic rings. The van der Waals surface area contributed by atoms with Crippen LogP contribution >= 0.6 is 0 Å². The van der Waals surface area contributed by atoms with Gasteiger partial charge in [-0.25, -0.2) is 8.78 Å². The molecule has 1 saturated heterocycles. The van der Waals surface area contributed by atoms with E-state index >= 15 is 0 Å². The molecule has 0 radical (unpaired) electrons. The van der Waals surface area contributed by atoms with Crippen molar-refractivity contribution in [2.45, 2.75) is 52.1 Å². The maximum absolute atomic E-state index is 14.0. The van der Waals surface area contributed by atoms with Gasteiger partial charge in [0, 0.05) is 17.9 Å². The van der Waals surface area contributed by atoms with Gasteiger partial charge in [0.25, 0.3) is 0 Å². The summed E-state index contributed by atoms with van der Waals surface area (Å²) < 4.78 is 44.1. The SMILES string of the molecule is C=CC1CCC(c2ccc(OCC3=C(F)C(F)=C(OC)CC3)cc2)OC1.CCC. The van der Waals surface area contributed by atoms with Crippen molar-refractivity contribution in [2.75, 3.05) is 20.3 Å². The molecule has 0 aromatic heterocycles. The first-order chi connectivity index (χ1) is 14.0. The first-order valence-corrected chi connectivity index (χ1v) is 10.3. The molecule has 3 nitrogen and oxygen atoms in total. The average molecular weight is 407 g/mol. The third kappa shape index (κ3) is 6.43. The summed E-state index contributed by atoms with van der Waals surface area (Å²) in [5.74, 6) is -0.671. The highest BCUT2D eigenvalue weighted by Gasteiger charge is 2.24. The van der Waals surface area contributed by atoms with E-state index in [0.717, 1.165) is 18.4 Å². The zero-order chi connectivity index (χ0) is 21.2. The molecule has 3 rings (SSSR count). The lowest BCUT2D eigenvalue weighted by molar-refractivity contribution is -0.00516. The summed E-state index contributed by atoms with van der Waals surface area (Å²) in [7, 11) is 1.35. The topological polar surface area (TPSA) is 27.7 Å². The molecule has 2 unspecified atom stereocenters. The van der Waals surface area contributed by atoms with E-state index in [4.69, 9.17) is 14.2 Å². The van der Waals surface area contributed by atoms with E-state index in [1.807, 2.05) is 30.3 Å². The molecule has 1 aliphatic heterocycles. The molecular formula is C24H32F2O3. The van der Waals surface area contributed by atoms with Gasteiger partial charge in [0.15, 0.2) is 11.7 Å². The molecule has 5 heteroatoms. The molecule has 1 aliphatic carbocycles. The minimum Gasteiger partial charge on any atom is -0.498 e. The minimum absolute atomic E-state index is 0.0243. The summed E-state index contributed by atoms with van der Waals surface area (Å²) in [6.07, 6.45) is 6.05. The van der Waals surface area contributed by atoms with Gasteiger partial charge in [-0.3, -0.25) is 0 Å². The number of halogens is 2. The standard InChI is InChI=1S/C21H24F2O3.C3H8/c1-3-14-4-10-18(26-12-14)15-5-8-17(9-6-15)25-13-16-7-11-19(24-2)21(23)20(16)22;1-3-2/h3,5-6,8-9,14,18H,1,4,7,10-13H2,2H3;3H2,1-2H3. The van der Waals surface area contributed by atoms with E-state index in [2.05, 4.69) is 20.4 Å². The highest BCUT2D eigenvalue weighted by atomic mass is 19.2. The van der Waals surface area contributed by atoms with Crippen LogP contribution in [-0.4, -0.2) is 20.3 Å². The van der Waals surface area contributed by atoms with Crippen LogP contribution in [0.4, 0.5) is 8.78 Å². The third-order valence-electron chi connectivity index (χ3n) is 4.96. The van der Waals surface area contributed by atoms with Gasteiger partial charge in [-0.1, -0.05) is 38.5 Å². The van der Waals surface area contributed by atoms with Gasteiger partial charge < -0.3 is 14.2 Å². The number of hydrogen-bond acceptors (Lipinski definition) is 3. The Morgan fingerprint density at radius 1 is 1.10 bits per heavy atom. The molecule has 0 saturated carbocycles. The molecule has 2 aliphatic rings. The Bertz CT molecular complexity index is 714. The predicted molar refractivity (Wildman–Crippen MR) is 112 cm³/mol. The van der Waals surface area contributed by atoms with Crippen LogP contribution in [0.5, 0.6) is 5.75 Å². The van der Waals surface area contributed by atoms with E-state index in [-0.39, 0.29) is 18.5 Å². The zero-order valence-electron chi connectivity index (χ0n) is 17.7. The van der Waals surface area contributed by atoms with Crippen molar-refractivity contribution in [1.29, 1.82) is 0 Å². The summed E-state index contributed by atoms with van der Waals surface area (Å²) >= 11 is 0. The van der Waals surface area contributed by atoms with Gasteiger partial charge in [0.05, 0.1) is 19.8 Å². The Morgan fingerprint density at radius 2 is 1.79 bits per heavy atom. The fraction of sp³-hybridized carbons (Fsp3) is 0.500. The van der Waals surface area contributed by atoms with Crippen LogP contribution in [0, 0.1) is 5.92 Å². The number of hydrogen-bond donors (Lipinski definition) is 0. The predicted octanol–water partition coefficient (Wildman–Crippen LogP) is 6.98. The lowest BCUT2D eigenvalue weighted by Crippen LogP contribution is -2.19. The number of ether oxygens (including phenoxy) is 3. The van der Waals surface area contributed by atoms with Gasteiger partial charge in [-0.2, -0.15) is 0 Å². The molecular weight excluding hydrogens is 374 g/mol. The Balaban J connectivity index is 0.000000941. The number of rotatable bonds is 6. The molecule has 1 heterocycles. The maximum Gasteiger partial charge on any atom is 0.196 e. The summed E-state index contributed by atoms with van der Waals surface area (Å²) in [6.45, 7) is 8.78. The van der Waals surface area contributed by atoms with Crippen LogP contribution in [0.1, 0.15) is 57.6 Å². The third-order valence-corrected chi connectivity index (χ3v) is 4.96. The van der Waals surface area contributed by atoms with Crippen LogP contribution in [0.2, 0.25) is 0 Å². The second-order valence-corrected chi connectivity index (χ2v) is 7.32. The Hall–Kier alpha value is -2.14. The van der Waals surface area contributed by atoms with Crippen LogP contribution in [0.25, 0.3) is 0 Å². The van der Waals surface area contributed by atoms with Crippen molar-refractivity contribution in [2.24, 2.45) is 5.92 Å². The monoisotopic (exact) mass is 406 g/mol. The minimum atomic E-state index is -0.917. The van der Waals surface area contributed by atoms with Crippen molar-refractivity contribution < 1.29 is 23.0 Å². The number of benzene rings is 1. The summed E-state index contributed by atoms with van der Waals surface area (Å²) in [5.41, 5.74) is 1.42. The van der Waals surface area contributed by atoms with E-state index in [1.165, 1.54) is 13.5 Å². The fourth-order valence-electron chi connectivity index (χ4n) is 3.26. The van der Waals surface area contributed by atoms with E-state index in [9.17, 15) is 8.78 Å². The second kappa shape index (κ2) is 11.8. The molecule has 160 valence electrons. The summed E-state index contributed by atoms with van der Waals surface area (Å²) in [5, 5.41) is 0. The zero-order valence-corrected chi connectivity index (χ0v) is 17.7. The van der Waals surface area contributed by atoms with Crippen molar-refractivity contribution in [3.8, 4) is 5.75 Å². The van der Waals surface area contributed by atoms with Crippen LogP contribution in [-0.2, 0) is 9.47 Å². The molecule has 2 atom stereocenters. The molecule has 29 heavy (non-hydrogen) atoms. The van der Waals surface area contributed by atoms with Crippen LogP contribution in [0.15, 0.2) is 59.9 Å². The highest BCUT2D eigenvalue weighted by Crippen LogP contribution is 2.34. The molecule has 1 aromatic carbocycles. The quantitative estimate of drug-likeness (QED) is 0.477. The van der Waals surface area contributed by atoms with Gasteiger partial charge in [0.1, 0.15) is 18.1 Å². The normalized spacial score (nSPS) is 22.0. The van der Waals surface area contributed by atoms with Gasteiger partial charge in [-0.05, 0) is 37.0 Å². The largest absolute Gasteiger partial charge is 0.498 e. The van der Waals surface area contributed by atoms with Gasteiger partial charge >= 0.3 is 0 Å². The Morgan fingerprint density at radius 3 is 2.34 bits per heavy atom. The highest BCUT2D eigenvalue weighted by molar-refractivity contribution is 5.34. The van der Waals surface area contributed by atoms with E-state index in [1.54, 1.807) is 0 Å². The fourth-order valence-corrected chi connectivity index (χ4v) is 3.26. The van der Waals surface area contributed by atoms with Crippen molar-refractivity contribution in [3.05, 3.63) is 65.5 Å². The average Bonchev–Trinajstić information content (AvgIpc) is 2.76. The second-order valence-electron chi connectivity index (χ2n) is 7.32. The summed E-state index contributed by atoms with van der Waals surface area (Å²) in [6, 6.07) is 7.60. The van der Waals surface area contributed by atoms with E-state index in [0.29, 0.717) is 36.7 Å². The lowest BCUT2D eigenvalue weighted by Gasteiger charge is -2.27. The Kier molecular flexibility index (Phi) is 9.39. The van der Waals surface area contributed by atoms with Crippen molar-refractivity contribution in [1.82, 2.24) is 0 Å². The lowest BCUT2D eigenvalue weighted by atomic mass is 9.95. The maximum atomic E-state index is 14.0. The Labute approximate surface area is 173 Å². The first kappa shape index (κ1) is 23.1. The molecule has 0 spiro atoms. The van der Waals surface area contributed by atoms with Gasteiger partial charge in [-0.15, -0.1) is 6.58 Å². The molecule has 0 amide bonds. The molecule has 1 fully saturated rings.